The number of amides is 1. The summed E-state index contributed by atoms with van der Waals surface area (Å²) in [4.78, 5) is 16.5. The van der Waals surface area contributed by atoms with Gasteiger partial charge in [0.15, 0.2) is 0 Å². The molecule has 2 aromatic rings. The fourth-order valence-electron chi connectivity index (χ4n) is 3.87. The fraction of sp³-hybridized carbons (Fsp3) is 0.500. The minimum atomic E-state index is -0.428. The van der Waals surface area contributed by atoms with E-state index in [9.17, 15) is 4.79 Å². The van der Waals surface area contributed by atoms with E-state index in [1.165, 1.54) is 4.88 Å². The molecule has 128 valence electrons. The largest absolute Gasteiger partial charge is 0.468 e. The van der Waals surface area contributed by atoms with Crippen molar-refractivity contribution in [2.75, 3.05) is 19.7 Å². The average Bonchev–Trinajstić information content (AvgIpc) is 3.33. The van der Waals surface area contributed by atoms with Crippen LogP contribution in [-0.4, -0.2) is 36.6 Å². The molecule has 5 nitrogen and oxygen atoms in total. The van der Waals surface area contributed by atoms with Gasteiger partial charge in [0, 0.05) is 24.6 Å². The van der Waals surface area contributed by atoms with Crippen molar-refractivity contribution in [3.63, 3.8) is 0 Å². The monoisotopic (exact) mass is 346 g/mol. The molecule has 2 aromatic heterocycles. The molecule has 2 atom stereocenters. The van der Waals surface area contributed by atoms with Crippen molar-refractivity contribution in [2.24, 2.45) is 5.41 Å². The van der Waals surface area contributed by atoms with Crippen LogP contribution >= 0.6 is 11.3 Å². The van der Waals surface area contributed by atoms with Crippen molar-refractivity contribution in [3.05, 3.63) is 46.5 Å². The van der Waals surface area contributed by atoms with Gasteiger partial charge < -0.3 is 14.5 Å². The van der Waals surface area contributed by atoms with Crippen molar-refractivity contribution < 1.29 is 13.9 Å². The van der Waals surface area contributed by atoms with E-state index in [0.29, 0.717) is 13.2 Å². The third-order valence-corrected chi connectivity index (χ3v) is 5.99. The summed E-state index contributed by atoms with van der Waals surface area (Å²) in [7, 11) is 0. The normalized spacial score (nSPS) is 27.1. The van der Waals surface area contributed by atoms with Crippen molar-refractivity contribution in [1.82, 2.24) is 10.2 Å². The third-order valence-electron chi connectivity index (χ3n) is 5.11. The molecule has 0 saturated carbocycles. The van der Waals surface area contributed by atoms with Crippen molar-refractivity contribution in [2.45, 2.75) is 32.0 Å². The lowest BCUT2D eigenvalue weighted by atomic mass is 9.75. The molecule has 4 heterocycles. The van der Waals surface area contributed by atoms with Gasteiger partial charge in [0.05, 0.1) is 30.9 Å². The van der Waals surface area contributed by atoms with E-state index in [1.54, 1.807) is 17.6 Å². The van der Waals surface area contributed by atoms with Crippen LogP contribution in [0.25, 0.3) is 0 Å². The number of thiophene rings is 1. The molecule has 2 fully saturated rings. The first-order valence-corrected chi connectivity index (χ1v) is 9.31. The van der Waals surface area contributed by atoms with Crippen LogP contribution in [0, 0.1) is 5.41 Å². The van der Waals surface area contributed by atoms with E-state index in [2.05, 4.69) is 16.3 Å². The Kier molecular flexibility index (Phi) is 4.43. The molecule has 24 heavy (non-hydrogen) atoms. The van der Waals surface area contributed by atoms with E-state index in [0.717, 1.165) is 38.2 Å². The number of likely N-dealkylation sites (tertiary alicyclic amines) is 1. The highest BCUT2D eigenvalue weighted by Gasteiger charge is 2.53. The van der Waals surface area contributed by atoms with Gasteiger partial charge in [0.2, 0.25) is 5.91 Å². The van der Waals surface area contributed by atoms with Gasteiger partial charge in [-0.15, -0.1) is 11.3 Å². The van der Waals surface area contributed by atoms with Crippen LogP contribution in [-0.2, 0) is 22.6 Å². The van der Waals surface area contributed by atoms with Crippen molar-refractivity contribution in [3.8, 4) is 0 Å². The summed E-state index contributed by atoms with van der Waals surface area (Å²) >= 11 is 1.67. The smallest absolute Gasteiger partial charge is 0.230 e. The quantitative estimate of drug-likeness (QED) is 0.904. The number of carbonyl (C=O) groups excluding carboxylic acids is 1. The second-order valence-electron chi connectivity index (χ2n) is 6.61. The predicted octanol–water partition coefficient (Wildman–Crippen LogP) is 2.64. The van der Waals surface area contributed by atoms with Gasteiger partial charge in [0.25, 0.3) is 0 Å². The van der Waals surface area contributed by atoms with Gasteiger partial charge in [-0.05, 0) is 36.4 Å². The van der Waals surface area contributed by atoms with Crippen LogP contribution in [0.1, 0.15) is 23.5 Å². The van der Waals surface area contributed by atoms with Crippen molar-refractivity contribution in [1.29, 1.82) is 0 Å². The van der Waals surface area contributed by atoms with Gasteiger partial charge in [0.1, 0.15) is 5.76 Å². The molecule has 0 radical (unpaired) electrons. The van der Waals surface area contributed by atoms with Crippen LogP contribution < -0.4 is 5.32 Å². The number of nitrogens with zero attached hydrogens (tertiary/aromatic N) is 1. The minimum absolute atomic E-state index is 0.0358. The van der Waals surface area contributed by atoms with Crippen LogP contribution in [0.4, 0.5) is 0 Å². The molecule has 2 aliphatic rings. The highest BCUT2D eigenvalue weighted by atomic mass is 32.1. The average molecular weight is 346 g/mol. The van der Waals surface area contributed by atoms with E-state index in [1.807, 2.05) is 23.6 Å². The maximum Gasteiger partial charge on any atom is 0.230 e. The number of furan rings is 1. The zero-order chi connectivity index (χ0) is 16.4. The highest BCUT2D eigenvalue weighted by Crippen LogP contribution is 2.41. The maximum atomic E-state index is 13.0. The number of carbonyl (C=O) groups is 1. The number of rotatable bonds is 5. The summed E-state index contributed by atoms with van der Waals surface area (Å²) < 4.78 is 11.4. The lowest BCUT2D eigenvalue weighted by molar-refractivity contribution is -0.139. The number of nitrogens with one attached hydrogen (secondary N) is 1. The van der Waals surface area contributed by atoms with Crippen LogP contribution in [0.5, 0.6) is 0 Å². The number of hydrogen-bond acceptors (Lipinski definition) is 5. The zero-order valence-electron chi connectivity index (χ0n) is 13.6. The molecule has 0 aromatic carbocycles. The van der Waals surface area contributed by atoms with Crippen molar-refractivity contribution >= 4 is 17.2 Å². The van der Waals surface area contributed by atoms with E-state index in [-0.39, 0.29) is 12.0 Å². The first-order chi connectivity index (χ1) is 11.8. The van der Waals surface area contributed by atoms with Crippen LogP contribution in [0.3, 0.4) is 0 Å². The van der Waals surface area contributed by atoms with E-state index < -0.39 is 5.41 Å². The lowest BCUT2D eigenvalue weighted by Crippen LogP contribution is -2.56. The summed E-state index contributed by atoms with van der Waals surface area (Å²) in [5.41, 5.74) is -0.428. The summed E-state index contributed by atoms with van der Waals surface area (Å²) in [6.07, 6.45) is 3.42. The van der Waals surface area contributed by atoms with Gasteiger partial charge in [-0.3, -0.25) is 9.69 Å². The minimum Gasteiger partial charge on any atom is -0.468 e. The molecular weight excluding hydrogens is 324 g/mol. The standard InChI is InChI=1S/C18H22N2O3S/c21-17(19-11-15-4-2-10-24-15)18-6-9-23-16(18)5-7-20(13-18)12-14-3-1-8-22-14/h1-4,8,10,16H,5-7,9,11-13H2,(H,19,21)/t16-,18-/m1/s1. The second-order valence-corrected chi connectivity index (χ2v) is 7.64. The number of fused-ring (bicyclic) bond motifs is 1. The molecule has 0 bridgehead atoms. The molecule has 0 unspecified atom stereocenters. The molecule has 2 saturated heterocycles. The molecule has 2 aliphatic heterocycles. The first kappa shape index (κ1) is 15.9. The number of ether oxygens (including phenoxy) is 1. The van der Waals surface area contributed by atoms with Gasteiger partial charge in [-0.2, -0.15) is 0 Å². The zero-order valence-corrected chi connectivity index (χ0v) is 14.4. The number of piperidine rings is 1. The summed E-state index contributed by atoms with van der Waals surface area (Å²) in [5.74, 6) is 1.07. The summed E-state index contributed by atoms with van der Waals surface area (Å²) in [5, 5.41) is 5.17. The molecule has 4 rings (SSSR count). The number of hydrogen-bond donors (Lipinski definition) is 1. The highest BCUT2D eigenvalue weighted by molar-refractivity contribution is 7.09. The maximum absolute atomic E-state index is 13.0. The molecule has 1 N–H and O–H groups in total. The molecular formula is C18H22N2O3S. The topological polar surface area (TPSA) is 54.7 Å². The lowest BCUT2D eigenvalue weighted by Gasteiger charge is -2.42. The Morgan fingerprint density at radius 1 is 1.42 bits per heavy atom. The summed E-state index contributed by atoms with van der Waals surface area (Å²) in [6.45, 7) is 3.69. The van der Waals surface area contributed by atoms with Crippen LogP contribution in [0.2, 0.25) is 0 Å². The Balaban J connectivity index is 1.45. The predicted molar refractivity (Wildman–Crippen MR) is 91.6 cm³/mol. The Bertz CT molecular complexity index is 671. The van der Waals surface area contributed by atoms with E-state index in [4.69, 9.17) is 9.15 Å². The second kappa shape index (κ2) is 6.70. The van der Waals surface area contributed by atoms with Gasteiger partial charge in [-0.1, -0.05) is 6.07 Å². The Morgan fingerprint density at radius 2 is 2.38 bits per heavy atom. The first-order valence-electron chi connectivity index (χ1n) is 8.43. The Morgan fingerprint density at radius 3 is 3.17 bits per heavy atom. The van der Waals surface area contributed by atoms with Gasteiger partial charge >= 0.3 is 0 Å². The Hall–Kier alpha value is -1.63. The third kappa shape index (κ3) is 3.01. The SMILES string of the molecule is O=C(NCc1cccs1)[C@@]12CCO[C@@H]1CCN(Cc1ccco1)C2. The molecule has 1 amide bonds. The molecule has 0 spiro atoms. The molecule has 6 heteroatoms. The Labute approximate surface area is 145 Å². The van der Waals surface area contributed by atoms with E-state index >= 15 is 0 Å². The summed E-state index contributed by atoms with van der Waals surface area (Å²) in [6, 6.07) is 7.96. The molecule has 0 aliphatic carbocycles. The van der Waals surface area contributed by atoms with Gasteiger partial charge in [-0.25, -0.2) is 0 Å². The van der Waals surface area contributed by atoms with Crippen LogP contribution in [0.15, 0.2) is 40.3 Å². The fourth-order valence-corrected chi connectivity index (χ4v) is 4.51.